The summed E-state index contributed by atoms with van der Waals surface area (Å²) in [5, 5.41) is 0. The van der Waals surface area contributed by atoms with Crippen LogP contribution in [0.4, 0.5) is 5.69 Å². The van der Waals surface area contributed by atoms with Crippen molar-refractivity contribution in [2.45, 2.75) is 12.5 Å². The van der Waals surface area contributed by atoms with E-state index in [0.717, 1.165) is 0 Å². The highest BCUT2D eigenvalue weighted by molar-refractivity contribution is 6.30. The van der Waals surface area contributed by atoms with Crippen LogP contribution in [0.5, 0.6) is 0 Å². The van der Waals surface area contributed by atoms with Crippen LogP contribution in [0.25, 0.3) is 0 Å². The molecule has 2 atom stereocenters. The zero-order chi connectivity index (χ0) is 14.4. The predicted molar refractivity (Wildman–Crippen MR) is 71.6 cm³/mol. The Bertz CT molecular complexity index is 666. The van der Waals surface area contributed by atoms with E-state index in [1.165, 1.54) is 12.1 Å². The molecule has 0 fully saturated rings. The van der Waals surface area contributed by atoms with Crippen molar-refractivity contribution < 1.29 is 14.4 Å². The Morgan fingerprint density at radius 2 is 1.95 bits per heavy atom. The van der Waals surface area contributed by atoms with Crippen LogP contribution in [0.15, 0.2) is 30.4 Å². The molecule has 0 bridgehead atoms. The molecule has 2 unspecified atom stereocenters. The van der Waals surface area contributed by atoms with Gasteiger partial charge in [0, 0.05) is 11.7 Å². The fourth-order valence-electron chi connectivity index (χ4n) is 2.59. The number of nitrogen functional groups attached to an aromatic ring is 1. The van der Waals surface area contributed by atoms with Gasteiger partial charge in [0.05, 0.1) is 17.0 Å². The minimum Gasteiger partial charge on any atom is -0.398 e. The molecule has 0 saturated heterocycles. The molecule has 4 N–H and O–H groups in total. The summed E-state index contributed by atoms with van der Waals surface area (Å²) in [5.41, 5.74) is 11.9. The number of amides is 3. The Morgan fingerprint density at radius 3 is 2.55 bits per heavy atom. The van der Waals surface area contributed by atoms with Gasteiger partial charge in [0.15, 0.2) is 0 Å². The molecule has 0 aromatic heterocycles. The average Bonchev–Trinajstić information content (AvgIpc) is 2.94. The largest absolute Gasteiger partial charge is 0.398 e. The first kappa shape index (κ1) is 12.6. The number of carbonyl (C=O) groups excluding carboxylic acids is 3. The van der Waals surface area contributed by atoms with E-state index in [1.807, 2.05) is 0 Å². The van der Waals surface area contributed by atoms with Crippen molar-refractivity contribution >= 4 is 23.4 Å². The van der Waals surface area contributed by atoms with E-state index in [4.69, 9.17) is 11.5 Å². The molecule has 6 heteroatoms. The molecule has 1 aliphatic heterocycles. The van der Waals surface area contributed by atoms with E-state index < -0.39 is 23.6 Å². The first-order valence-corrected chi connectivity index (χ1v) is 6.25. The Kier molecular flexibility index (Phi) is 2.69. The summed E-state index contributed by atoms with van der Waals surface area (Å²) in [6.07, 6.45) is 3.75. The smallest absolute Gasteiger partial charge is 0.270 e. The highest BCUT2D eigenvalue weighted by Crippen LogP contribution is 2.30. The molecule has 1 heterocycles. The van der Waals surface area contributed by atoms with Crippen molar-refractivity contribution in [3.63, 3.8) is 0 Å². The lowest BCUT2D eigenvalue weighted by atomic mass is 10.1. The van der Waals surface area contributed by atoms with E-state index in [0.29, 0.717) is 11.3 Å². The summed E-state index contributed by atoms with van der Waals surface area (Å²) < 4.78 is 0. The second-order valence-corrected chi connectivity index (χ2v) is 4.94. The van der Waals surface area contributed by atoms with E-state index >= 15 is 0 Å². The molecule has 6 nitrogen and oxygen atoms in total. The van der Waals surface area contributed by atoms with Crippen molar-refractivity contribution in [1.29, 1.82) is 0 Å². The maximum absolute atomic E-state index is 12.3. The number of fused-ring (bicyclic) bond motifs is 1. The van der Waals surface area contributed by atoms with Crippen LogP contribution in [0.3, 0.4) is 0 Å². The molecule has 2 aliphatic rings. The number of hydrogen-bond acceptors (Lipinski definition) is 5. The number of hydrogen-bond donors (Lipinski definition) is 2. The van der Waals surface area contributed by atoms with Crippen molar-refractivity contribution in [1.82, 2.24) is 4.90 Å². The average molecular weight is 271 g/mol. The van der Waals surface area contributed by atoms with Crippen LogP contribution in [0.1, 0.15) is 27.1 Å². The third-order valence-corrected chi connectivity index (χ3v) is 3.60. The number of nitrogens with zero attached hydrogens (tertiary/aromatic N) is 1. The van der Waals surface area contributed by atoms with E-state index in [1.54, 1.807) is 18.2 Å². The maximum Gasteiger partial charge on any atom is 0.270 e. The normalized spacial score (nSPS) is 24.4. The molecular formula is C14H13N3O3. The number of benzene rings is 1. The van der Waals surface area contributed by atoms with Crippen LogP contribution in [-0.4, -0.2) is 28.7 Å². The zero-order valence-corrected chi connectivity index (χ0v) is 10.6. The van der Waals surface area contributed by atoms with Crippen LogP contribution in [-0.2, 0) is 4.79 Å². The van der Waals surface area contributed by atoms with Crippen molar-refractivity contribution in [2.75, 3.05) is 5.73 Å². The second kappa shape index (κ2) is 4.28. The van der Waals surface area contributed by atoms with Gasteiger partial charge in [-0.2, -0.15) is 0 Å². The lowest BCUT2D eigenvalue weighted by molar-refractivity contribution is -0.129. The minimum atomic E-state index is -0.651. The Hall–Kier alpha value is -2.47. The number of imide groups is 3. The molecular weight excluding hydrogens is 258 g/mol. The first-order valence-electron chi connectivity index (χ1n) is 6.25. The molecule has 1 aliphatic carbocycles. The van der Waals surface area contributed by atoms with Gasteiger partial charge in [-0.05, 0) is 18.6 Å². The van der Waals surface area contributed by atoms with Gasteiger partial charge in [-0.1, -0.05) is 18.2 Å². The summed E-state index contributed by atoms with van der Waals surface area (Å²) in [4.78, 5) is 37.5. The SMILES string of the molecule is Nc1cccc2c1C(=O)N(C(=O)C1C=CC(N)C1)C2=O. The third kappa shape index (κ3) is 1.65. The third-order valence-electron chi connectivity index (χ3n) is 3.60. The highest BCUT2D eigenvalue weighted by atomic mass is 16.2. The van der Waals surface area contributed by atoms with Crippen molar-refractivity contribution in [3.05, 3.63) is 41.5 Å². The Balaban J connectivity index is 1.96. The van der Waals surface area contributed by atoms with Crippen LogP contribution < -0.4 is 11.5 Å². The molecule has 0 spiro atoms. The summed E-state index contributed by atoms with van der Waals surface area (Å²) in [6.45, 7) is 0. The number of carbonyl (C=O) groups is 3. The minimum absolute atomic E-state index is 0.108. The Morgan fingerprint density at radius 1 is 1.20 bits per heavy atom. The zero-order valence-electron chi connectivity index (χ0n) is 10.6. The van der Waals surface area contributed by atoms with Crippen LogP contribution >= 0.6 is 0 Å². The molecule has 3 rings (SSSR count). The van der Waals surface area contributed by atoms with Gasteiger partial charge in [-0.3, -0.25) is 14.4 Å². The molecule has 1 aromatic carbocycles. The number of rotatable bonds is 1. The van der Waals surface area contributed by atoms with Gasteiger partial charge in [-0.15, -0.1) is 0 Å². The maximum atomic E-state index is 12.3. The van der Waals surface area contributed by atoms with Gasteiger partial charge in [0.1, 0.15) is 0 Å². The standard InChI is InChI=1S/C14H13N3O3/c15-8-5-4-7(6-8)12(18)17-13(19)9-2-1-3-10(16)11(9)14(17)20/h1-5,7-8H,6,15-16H2. The molecule has 1 aromatic rings. The van der Waals surface area contributed by atoms with E-state index in [9.17, 15) is 14.4 Å². The van der Waals surface area contributed by atoms with Crippen LogP contribution in [0, 0.1) is 5.92 Å². The van der Waals surface area contributed by atoms with Gasteiger partial charge in [-0.25, -0.2) is 4.90 Å². The van der Waals surface area contributed by atoms with Gasteiger partial charge in [0.2, 0.25) is 5.91 Å². The fourth-order valence-corrected chi connectivity index (χ4v) is 2.59. The fraction of sp³-hybridized carbons (Fsp3) is 0.214. The van der Waals surface area contributed by atoms with Crippen LogP contribution in [0.2, 0.25) is 0 Å². The summed E-state index contributed by atoms with van der Waals surface area (Å²) in [6, 6.07) is 4.39. The van der Waals surface area contributed by atoms with Gasteiger partial charge in [0.25, 0.3) is 11.8 Å². The van der Waals surface area contributed by atoms with Gasteiger partial charge >= 0.3 is 0 Å². The Labute approximate surface area is 115 Å². The molecule has 0 radical (unpaired) electrons. The molecule has 102 valence electrons. The first-order chi connectivity index (χ1) is 9.50. The topological polar surface area (TPSA) is 106 Å². The van der Waals surface area contributed by atoms with Gasteiger partial charge < -0.3 is 11.5 Å². The monoisotopic (exact) mass is 271 g/mol. The highest BCUT2D eigenvalue weighted by Gasteiger charge is 2.43. The number of anilines is 1. The lowest BCUT2D eigenvalue weighted by Crippen LogP contribution is -2.40. The van der Waals surface area contributed by atoms with E-state index in [2.05, 4.69) is 0 Å². The van der Waals surface area contributed by atoms with Crippen molar-refractivity contribution in [3.8, 4) is 0 Å². The second-order valence-electron chi connectivity index (χ2n) is 4.94. The molecule has 3 amide bonds. The van der Waals surface area contributed by atoms with E-state index in [-0.39, 0.29) is 22.9 Å². The molecule has 20 heavy (non-hydrogen) atoms. The summed E-state index contributed by atoms with van der Waals surface area (Å²) in [7, 11) is 0. The number of nitrogens with two attached hydrogens (primary N) is 2. The molecule has 0 saturated carbocycles. The van der Waals surface area contributed by atoms with Crippen molar-refractivity contribution in [2.24, 2.45) is 11.7 Å². The summed E-state index contributed by atoms with van der Waals surface area (Å²) >= 11 is 0. The lowest BCUT2D eigenvalue weighted by Gasteiger charge is -2.16. The predicted octanol–water partition coefficient (Wildman–Crippen LogP) is 0.295. The quantitative estimate of drug-likeness (QED) is 0.434. The summed E-state index contributed by atoms with van der Waals surface area (Å²) in [5.74, 6) is -2.34.